The zero-order valence-corrected chi connectivity index (χ0v) is 8.60. The molecule has 0 aromatic carbocycles. The number of aromatic nitrogens is 5. The lowest BCUT2D eigenvalue weighted by molar-refractivity contribution is -0.137. The second-order valence-electron chi connectivity index (χ2n) is 2.81. The van der Waals surface area contributed by atoms with Crippen LogP contribution in [0.1, 0.15) is 5.01 Å². The fourth-order valence-electron chi connectivity index (χ4n) is 1.09. The Labute approximate surface area is 88.4 Å². The van der Waals surface area contributed by atoms with Gasteiger partial charge in [-0.05, 0) is 17.4 Å². The molecule has 8 heteroatoms. The smallest absolute Gasteiger partial charge is 0.325 e. The minimum Gasteiger partial charge on any atom is -0.480 e. The van der Waals surface area contributed by atoms with Crippen LogP contribution in [-0.2, 0) is 11.3 Å². The highest BCUT2D eigenvalue weighted by Crippen LogP contribution is 2.18. The fraction of sp³-hybridized carbons (Fsp3) is 0.286. The summed E-state index contributed by atoms with van der Waals surface area (Å²) in [7, 11) is 0. The molecule has 0 aliphatic rings. The first kappa shape index (κ1) is 9.71. The lowest BCUT2D eigenvalue weighted by atomic mass is 10.4. The monoisotopic (exact) mass is 225 g/mol. The first-order chi connectivity index (χ1) is 7.16. The van der Waals surface area contributed by atoms with Crippen molar-refractivity contribution in [1.82, 2.24) is 25.2 Å². The molecule has 0 saturated heterocycles. The van der Waals surface area contributed by atoms with Gasteiger partial charge in [0.2, 0.25) is 5.82 Å². The van der Waals surface area contributed by atoms with E-state index in [1.807, 2.05) is 6.92 Å². The van der Waals surface area contributed by atoms with E-state index in [0.717, 1.165) is 5.01 Å². The Bertz CT molecular complexity index is 491. The third-order valence-electron chi connectivity index (χ3n) is 1.67. The van der Waals surface area contributed by atoms with E-state index in [1.54, 1.807) is 5.38 Å². The first-order valence-electron chi connectivity index (χ1n) is 4.07. The average Bonchev–Trinajstić information content (AvgIpc) is 2.72. The Kier molecular flexibility index (Phi) is 2.42. The van der Waals surface area contributed by atoms with E-state index in [4.69, 9.17) is 5.11 Å². The van der Waals surface area contributed by atoms with Gasteiger partial charge in [0.25, 0.3) is 0 Å². The molecule has 0 fully saturated rings. The van der Waals surface area contributed by atoms with Crippen molar-refractivity contribution in [2.24, 2.45) is 0 Å². The Morgan fingerprint density at radius 3 is 3.07 bits per heavy atom. The molecular formula is C7H7N5O2S. The molecule has 0 radical (unpaired) electrons. The van der Waals surface area contributed by atoms with Gasteiger partial charge in [0.05, 0.1) is 5.01 Å². The summed E-state index contributed by atoms with van der Waals surface area (Å²) in [5.41, 5.74) is 0.601. The van der Waals surface area contributed by atoms with Gasteiger partial charge in [-0.25, -0.2) is 9.67 Å². The largest absolute Gasteiger partial charge is 0.480 e. The highest BCUT2D eigenvalue weighted by Gasteiger charge is 2.13. The number of carboxylic acid groups (broad SMARTS) is 1. The van der Waals surface area contributed by atoms with Crippen LogP contribution in [0, 0.1) is 6.92 Å². The molecule has 78 valence electrons. The van der Waals surface area contributed by atoms with E-state index in [9.17, 15) is 4.79 Å². The molecule has 2 aromatic heterocycles. The minimum absolute atomic E-state index is 0.265. The van der Waals surface area contributed by atoms with Gasteiger partial charge in [-0.3, -0.25) is 4.79 Å². The van der Waals surface area contributed by atoms with Crippen molar-refractivity contribution >= 4 is 17.3 Å². The van der Waals surface area contributed by atoms with E-state index >= 15 is 0 Å². The fourth-order valence-corrected chi connectivity index (χ4v) is 1.68. The number of rotatable bonds is 3. The van der Waals surface area contributed by atoms with Gasteiger partial charge in [-0.15, -0.1) is 16.4 Å². The van der Waals surface area contributed by atoms with Crippen molar-refractivity contribution < 1.29 is 9.90 Å². The maximum Gasteiger partial charge on any atom is 0.325 e. The molecule has 0 aliphatic heterocycles. The van der Waals surface area contributed by atoms with Crippen molar-refractivity contribution in [2.45, 2.75) is 13.5 Å². The van der Waals surface area contributed by atoms with Crippen LogP contribution in [0.25, 0.3) is 11.5 Å². The van der Waals surface area contributed by atoms with Gasteiger partial charge in [0.15, 0.2) is 0 Å². The molecule has 0 atom stereocenters. The highest BCUT2D eigenvalue weighted by molar-refractivity contribution is 7.09. The Balaban J connectivity index is 2.36. The predicted molar refractivity (Wildman–Crippen MR) is 51.3 cm³/mol. The standard InChI is InChI=1S/C7H7N5O2S/c1-4-8-5(3-15-4)7-9-10-11-12(7)2-6(13)14/h3H,2H2,1H3,(H,13,14). The first-order valence-corrected chi connectivity index (χ1v) is 4.95. The number of nitrogens with zero attached hydrogens (tertiary/aromatic N) is 5. The summed E-state index contributed by atoms with van der Waals surface area (Å²) >= 11 is 1.46. The summed E-state index contributed by atoms with van der Waals surface area (Å²) in [6, 6.07) is 0. The summed E-state index contributed by atoms with van der Waals surface area (Å²) < 4.78 is 1.21. The van der Waals surface area contributed by atoms with Crippen LogP contribution in [-0.4, -0.2) is 36.3 Å². The van der Waals surface area contributed by atoms with E-state index in [-0.39, 0.29) is 6.54 Å². The van der Waals surface area contributed by atoms with E-state index in [1.165, 1.54) is 16.0 Å². The molecule has 0 spiro atoms. The van der Waals surface area contributed by atoms with E-state index in [2.05, 4.69) is 20.5 Å². The molecule has 15 heavy (non-hydrogen) atoms. The lowest BCUT2D eigenvalue weighted by Crippen LogP contribution is -2.11. The van der Waals surface area contributed by atoms with Gasteiger partial charge in [-0.1, -0.05) is 0 Å². The van der Waals surface area contributed by atoms with Crippen molar-refractivity contribution in [3.63, 3.8) is 0 Å². The number of carbonyl (C=O) groups is 1. The molecule has 2 heterocycles. The quantitative estimate of drug-likeness (QED) is 0.801. The number of hydrogen-bond donors (Lipinski definition) is 1. The molecule has 0 unspecified atom stereocenters. The normalized spacial score (nSPS) is 10.5. The van der Waals surface area contributed by atoms with E-state index < -0.39 is 5.97 Å². The van der Waals surface area contributed by atoms with Gasteiger partial charge in [0.1, 0.15) is 12.2 Å². The van der Waals surface area contributed by atoms with Crippen LogP contribution < -0.4 is 0 Å². The topological polar surface area (TPSA) is 93.8 Å². The zero-order valence-electron chi connectivity index (χ0n) is 7.78. The summed E-state index contributed by atoms with van der Waals surface area (Å²) in [4.78, 5) is 14.7. The van der Waals surface area contributed by atoms with Crippen LogP contribution in [0.4, 0.5) is 0 Å². The molecule has 2 aromatic rings. The van der Waals surface area contributed by atoms with Gasteiger partial charge >= 0.3 is 5.97 Å². The molecule has 0 amide bonds. The molecule has 2 rings (SSSR count). The maximum absolute atomic E-state index is 10.5. The van der Waals surface area contributed by atoms with Crippen LogP contribution in [0.5, 0.6) is 0 Å². The van der Waals surface area contributed by atoms with E-state index in [0.29, 0.717) is 11.5 Å². The number of carboxylic acids is 1. The highest BCUT2D eigenvalue weighted by atomic mass is 32.1. The van der Waals surface area contributed by atoms with Crippen molar-refractivity contribution in [1.29, 1.82) is 0 Å². The zero-order chi connectivity index (χ0) is 10.8. The lowest BCUT2D eigenvalue weighted by Gasteiger charge is -1.97. The van der Waals surface area contributed by atoms with Gasteiger partial charge < -0.3 is 5.11 Å². The van der Waals surface area contributed by atoms with Crippen LogP contribution >= 0.6 is 11.3 Å². The summed E-state index contributed by atoms with van der Waals surface area (Å²) in [5.74, 6) is -0.614. The summed E-state index contributed by atoms with van der Waals surface area (Å²) in [5, 5.41) is 22.0. The number of thiazole rings is 1. The second-order valence-corrected chi connectivity index (χ2v) is 3.87. The van der Waals surface area contributed by atoms with Crippen LogP contribution in [0.2, 0.25) is 0 Å². The average molecular weight is 225 g/mol. The Hall–Kier alpha value is -1.83. The second kappa shape index (κ2) is 3.73. The molecule has 1 N–H and O–H groups in total. The Morgan fingerprint density at radius 1 is 1.67 bits per heavy atom. The number of tetrazole rings is 1. The number of aliphatic carboxylic acids is 1. The SMILES string of the molecule is Cc1nc(-c2nnnn2CC(=O)O)cs1. The van der Waals surface area contributed by atoms with Gasteiger partial charge in [-0.2, -0.15) is 0 Å². The number of hydrogen-bond acceptors (Lipinski definition) is 6. The molecular weight excluding hydrogens is 218 g/mol. The van der Waals surface area contributed by atoms with Crippen molar-refractivity contribution in [2.75, 3.05) is 0 Å². The molecule has 0 saturated carbocycles. The Morgan fingerprint density at radius 2 is 2.47 bits per heavy atom. The third kappa shape index (κ3) is 1.99. The summed E-state index contributed by atoms with van der Waals surface area (Å²) in [6.07, 6.45) is 0. The van der Waals surface area contributed by atoms with Gasteiger partial charge in [0, 0.05) is 5.38 Å². The minimum atomic E-state index is -0.990. The molecule has 0 aliphatic carbocycles. The molecule has 7 nitrogen and oxygen atoms in total. The van der Waals surface area contributed by atoms with Crippen molar-refractivity contribution in [3.05, 3.63) is 10.4 Å². The number of aryl methyl sites for hydroxylation is 1. The van der Waals surface area contributed by atoms with Crippen LogP contribution in [0.15, 0.2) is 5.38 Å². The third-order valence-corrected chi connectivity index (χ3v) is 2.44. The van der Waals surface area contributed by atoms with Crippen LogP contribution in [0.3, 0.4) is 0 Å². The molecule has 0 bridgehead atoms. The van der Waals surface area contributed by atoms with Crippen molar-refractivity contribution in [3.8, 4) is 11.5 Å². The predicted octanol–water partition coefficient (Wildman–Crippen LogP) is 0.190. The summed E-state index contributed by atoms with van der Waals surface area (Å²) in [6.45, 7) is 1.60. The maximum atomic E-state index is 10.5.